The Morgan fingerprint density at radius 2 is 1.96 bits per heavy atom. The van der Waals surface area contributed by atoms with E-state index in [-0.39, 0.29) is 31.1 Å². The Morgan fingerprint density at radius 1 is 1.21 bits per heavy atom. The van der Waals surface area contributed by atoms with Crippen molar-refractivity contribution in [2.24, 2.45) is 0 Å². The summed E-state index contributed by atoms with van der Waals surface area (Å²) >= 11 is 0. The van der Waals surface area contributed by atoms with Gasteiger partial charge in [0, 0.05) is 19.3 Å². The number of aryl methyl sites for hydroxylation is 1. The van der Waals surface area contributed by atoms with Crippen molar-refractivity contribution in [3.05, 3.63) is 32.1 Å². The van der Waals surface area contributed by atoms with E-state index < -0.39 is 5.60 Å². The number of imidazole rings is 1. The molecule has 4 rings (SSSR count). The molecule has 0 N–H and O–H groups in total. The predicted molar refractivity (Wildman–Crippen MR) is 104 cm³/mol. The smallest absolute Gasteiger partial charge is 0.415 e. The molecule has 28 heavy (non-hydrogen) atoms. The van der Waals surface area contributed by atoms with Crippen LogP contribution in [0.25, 0.3) is 22.6 Å². The van der Waals surface area contributed by atoms with Crippen LogP contribution in [0.2, 0.25) is 0 Å². The number of hydrogen-bond acceptors (Lipinski definition) is 6. The molecule has 9 heteroatoms. The Balaban J connectivity index is 0.00000225. The van der Waals surface area contributed by atoms with Gasteiger partial charge in [-0.2, -0.15) is 5.10 Å². The Hall–Kier alpha value is -1.43. The van der Waals surface area contributed by atoms with E-state index in [1.807, 2.05) is 29.6 Å². The molecule has 0 bridgehead atoms. The SMILES string of the molecule is [CH2-]CN(C[CH2-])c1nc(-c2cnn(CC)c2)nc2c1nc1n2CCOC1(C)C.[U+2]. The third-order valence-electron chi connectivity index (χ3n) is 4.95. The van der Waals surface area contributed by atoms with Gasteiger partial charge in [-0.25, -0.2) is 15.0 Å². The second-order valence-corrected chi connectivity index (χ2v) is 7.06. The van der Waals surface area contributed by atoms with Crippen LogP contribution in [0.3, 0.4) is 0 Å². The second-order valence-electron chi connectivity index (χ2n) is 7.06. The van der Waals surface area contributed by atoms with E-state index in [9.17, 15) is 0 Å². The summed E-state index contributed by atoms with van der Waals surface area (Å²) in [5, 5.41) is 4.36. The van der Waals surface area contributed by atoms with Crippen LogP contribution in [0.4, 0.5) is 5.82 Å². The molecule has 0 aliphatic carbocycles. The summed E-state index contributed by atoms with van der Waals surface area (Å²) in [5.41, 5.74) is 2.00. The number of anilines is 1. The first-order chi connectivity index (χ1) is 13.0. The number of hydrogen-bond donors (Lipinski definition) is 0. The zero-order chi connectivity index (χ0) is 19.2. The molecule has 0 atom stereocenters. The fourth-order valence-electron chi connectivity index (χ4n) is 3.44. The monoisotopic (exact) mass is 605 g/mol. The maximum Gasteiger partial charge on any atom is 2.00 e. The van der Waals surface area contributed by atoms with Crippen molar-refractivity contribution in [2.75, 3.05) is 24.6 Å². The Bertz CT molecular complexity index is 974. The standard InChI is InChI=1S/C19H25N7O.U/c1-6-24(7-2)16-14-17(26-9-10-27-19(4,5)18(26)21-14)23-15(22-16)13-11-20-25(8-3)12-13;/h11-12H,1-2,6-10H2,3-5H3;/q-2;+2. The largest absolute Gasteiger partial charge is 2.00 e. The molecule has 0 aromatic carbocycles. The van der Waals surface area contributed by atoms with E-state index in [1.54, 1.807) is 6.20 Å². The molecule has 0 unspecified atom stereocenters. The second kappa shape index (κ2) is 8.13. The van der Waals surface area contributed by atoms with Crippen LogP contribution in [-0.2, 0) is 23.4 Å². The summed E-state index contributed by atoms with van der Waals surface area (Å²) in [4.78, 5) is 16.6. The minimum Gasteiger partial charge on any atom is -0.415 e. The minimum absolute atomic E-state index is 0. The summed E-state index contributed by atoms with van der Waals surface area (Å²) in [6.45, 7) is 17.4. The van der Waals surface area contributed by atoms with Crippen LogP contribution in [0.15, 0.2) is 12.4 Å². The molecule has 3 aromatic heterocycles. The molecule has 0 spiro atoms. The normalized spacial score (nSPS) is 15.3. The van der Waals surface area contributed by atoms with Gasteiger partial charge < -0.3 is 28.1 Å². The molecular weight excluding hydrogens is 580 g/mol. The Kier molecular flexibility index (Phi) is 6.18. The molecule has 8 nitrogen and oxygen atoms in total. The van der Waals surface area contributed by atoms with Crippen LogP contribution < -0.4 is 4.90 Å². The summed E-state index contributed by atoms with van der Waals surface area (Å²) in [5.74, 6) is 2.26. The van der Waals surface area contributed by atoms with Gasteiger partial charge in [-0.3, -0.25) is 4.68 Å². The summed E-state index contributed by atoms with van der Waals surface area (Å²) in [6, 6.07) is 0. The van der Waals surface area contributed by atoms with Crippen molar-refractivity contribution < 1.29 is 35.9 Å². The van der Waals surface area contributed by atoms with Crippen molar-refractivity contribution in [3.8, 4) is 11.4 Å². The molecule has 146 valence electrons. The quantitative estimate of drug-likeness (QED) is 0.417. The fourth-order valence-corrected chi connectivity index (χ4v) is 3.44. The van der Waals surface area contributed by atoms with Gasteiger partial charge in [0.05, 0.1) is 18.4 Å². The van der Waals surface area contributed by atoms with E-state index in [0.717, 1.165) is 34.9 Å². The van der Waals surface area contributed by atoms with Crippen LogP contribution in [0, 0.1) is 45.0 Å². The third kappa shape index (κ3) is 3.49. The molecule has 1 aliphatic rings. The van der Waals surface area contributed by atoms with Gasteiger partial charge in [0.2, 0.25) is 0 Å². The fraction of sp³-hybridized carbons (Fsp3) is 0.474. The zero-order valence-corrected chi connectivity index (χ0v) is 20.8. The summed E-state index contributed by atoms with van der Waals surface area (Å²) in [7, 11) is 0. The minimum atomic E-state index is -0.469. The maximum absolute atomic E-state index is 5.92. The summed E-state index contributed by atoms with van der Waals surface area (Å²) < 4.78 is 9.93. The molecular formula is C19H25N7OU. The van der Waals surface area contributed by atoms with Gasteiger partial charge >= 0.3 is 31.1 Å². The number of aromatic nitrogens is 6. The van der Waals surface area contributed by atoms with Crippen molar-refractivity contribution in [2.45, 2.75) is 39.5 Å². The summed E-state index contributed by atoms with van der Waals surface area (Å²) in [6.07, 6.45) is 3.76. The molecule has 0 saturated heterocycles. The molecule has 3 aromatic rings. The topological polar surface area (TPSA) is 73.9 Å². The average molecular weight is 605 g/mol. The van der Waals surface area contributed by atoms with Crippen LogP contribution in [0.1, 0.15) is 26.6 Å². The molecule has 4 heterocycles. The van der Waals surface area contributed by atoms with Gasteiger partial charge in [0.1, 0.15) is 11.4 Å². The average Bonchev–Trinajstić information content (AvgIpc) is 3.28. The number of nitrogens with zero attached hydrogens (tertiary/aromatic N) is 7. The van der Waals surface area contributed by atoms with E-state index in [1.165, 1.54) is 0 Å². The molecule has 0 saturated carbocycles. The van der Waals surface area contributed by atoms with Gasteiger partial charge in [0.15, 0.2) is 22.8 Å². The van der Waals surface area contributed by atoms with Crippen LogP contribution in [-0.4, -0.2) is 49.0 Å². The van der Waals surface area contributed by atoms with Crippen molar-refractivity contribution in [1.29, 1.82) is 0 Å². The Labute approximate surface area is 189 Å². The maximum atomic E-state index is 5.92. The van der Waals surface area contributed by atoms with E-state index in [2.05, 4.69) is 30.4 Å². The number of ether oxygens (including phenoxy) is 1. The van der Waals surface area contributed by atoms with Crippen LogP contribution >= 0.6 is 0 Å². The molecule has 1 aliphatic heterocycles. The molecule has 0 radical (unpaired) electrons. The predicted octanol–water partition coefficient (Wildman–Crippen LogP) is 2.45. The first-order valence-electron chi connectivity index (χ1n) is 9.27. The van der Waals surface area contributed by atoms with Gasteiger partial charge in [-0.1, -0.05) is 0 Å². The van der Waals surface area contributed by atoms with Crippen molar-refractivity contribution in [1.82, 2.24) is 29.3 Å². The zero-order valence-electron chi connectivity index (χ0n) is 16.6. The van der Waals surface area contributed by atoms with E-state index in [0.29, 0.717) is 32.1 Å². The molecule has 0 fully saturated rings. The number of fused-ring (bicyclic) bond motifs is 3. The van der Waals surface area contributed by atoms with Crippen molar-refractivity contribution in [3.63, 3.8) is 0 Å². The van der Waals surface area contributed by atoms with Crippen molar-refractivity contribution >= 4 is 17.0 Å². The van der Waals surface area contributed by atoms with Crippen LogP contribution in [0.5, 0.6) is 0 Å². The Morgan fingerprint density at radius 3 is 2.61 bits per heavy atom. The van der Waals surface area contributed by atoms with E-state index >= 15 is 0 Å². The third-order valence-corrected chi connectivity index (χ3v) is 4.95. The first kappa shape index (κ1) is 21.3. The molecule has 0 amide bonds. The van der Waals surface area contributed by atoms with Gasteiger partial charge in [-0.15, -0.1) is 13.1 Å². The number of rotatable bonds is 5. The first-order valence-corrected chi connectivity index (χ1v) is 9.27. The van der Waals surface area contributed by atoms with E-state index in [4.69, 9.17) is 19.7 Å². The van der Waals surface area contributed by atoms with Gasteiger partial charge in [-0.05, 0) is 20.8 Å². The van der Waals surface area contributed by atoms with Gasteiger partial charge in [0.25, 0.3) is 0 Å².